The highest BCUT2D eigenvalue weighted by atomic mass is 79.9. The van der Waals surface area contributed by atoms with Crippen molar-refractivity contribution < 1.29 is 0 Å². The van der Waals surface area contributed by atoms with E-state index in [4.69, 9.17) is 0 Å². The van der Waals surface area contributed by atoms with Crippen LogP contribution in [0.25, 0.3) is 5.65 Å². The highest BCUT2D eigenvalue weighted by Gasteiger charge is 2.32. The summed E-state index contributed by atoms with van der Waals surface area (Å²) in [6.45, 7) is 1.77. The molecule has 1 saturated heterocycles. The third-order valence-corrected chi connectivity index (χ3v) is 4.21. The molecule has 1 aliphatic heterocycles. The Morgan fingerprint density at radius 3 is 2.77 bits per heavy atom. The van der Waals surface area contributed by atoms with Crippen molar-refractivity contribution in [2.75, 3.05) is 29.9 Å². The highest BCUT2D eigenvalue weighted by molar-refractivity contribution is 9.10. The van der Waals surface area contributed by atoms with Gasteiger partial charge in [-0.15, -0.1) is 15.3 Å². The van der Waals surface area contributed by atoms with Gasteiger partial charge in [0, 0.05) is 32.5 Å². The first-order chi connectivity index (χ1) is 10.7. The topological polar surface area (TPSA) is 75.3 Å². The summed E-state index contributed by atoms with van der Waals surface area (Å²) < 4.78 is 2.57. The van der Waals surface area contributed by atoms with Crippen LogP contribution in [0.3, 0.4) is 0 Å². The summed E-state index contributed by atoms with van der Waals surface area (Å²) in [6.07, 6.45) is 5.13. The lowest BCUT2D eigenvalue weighted by atomic mass is 10.1. The Morgan fingerprint density at radius 1 is 1.23 bits per heavy atom. The first-order valence-corrected chi connectivity index (χ1v) is 7.62. The zero-order valence-electron chi connectivity index (χ0n) is 11.8. The van der Waals surface area contributed by atoms with E-state index in [2.05, 4.69) is 51.0 Å². The minimum atomic E-state index is 0.375. The Bertz CT molecular complexity index is 795. The largest absolute Gasteiger partial charge is 0.351 e. The van der Waals surface area contributed by atoms with Crippen molar-refractivity contribution in [3.05, 3.63) is 35.3 Å². The van der Waals surface area contributed by atoms with E-state index >= 15 is 0 Å². The summed E-state index contributed by atoms with van der Waals surface area (Å²) in [4.78, 5) is 13.0. The molecule has 8 nitrogen and oxygen atoms in total. The van der Waals surface area contributed by atoms with Gasteiger partial charge in [0.1, 0.15) is 12.1 Å². The number of nitrogens with zero attached hydrogens (tertiary/aromatic N) is 8. The summed E-state index contributed by atoms with van der Waals surface area (Å²) >= 11 is 3.35. The van der Waals surface area contributed by atoms with Crippen LogP contribution in [0.1, 0.15) is 0 Å². The number of aromatic nitrogens is 6. The fraction of sp³-hybridized carbons (Fsp3) is 0.308. The summed E-state index contributed by atoms with van der Waals surface area (Å²) in [6, 6.07) is 4.26. The van der Waals surface area contributed by atoms with E-state index in [0.29, 0.717) is 6.04 Å². The number of hydrogen-bond donors (Lipinski definition) is 0. The molecule has 22 heavy (non-hydrogen) atoms. The number of fused-ring (bicyclic) bond motifs is 1. The molecular weight excluding hydrogens is 348 g/mol. The van der Waals surface area contributed by atoms with E-state index in [9.17, 15) is 0 Å². The minimum absolute atomic E-state index is 0.375. The second-order valence-corrected chi connectivity index (χ2v) is 6.11. The van der Waals surface area contributed by atoms with Crippen molar-refractivity contribution in [1.29, 1.82) is 0 Å². The van der Waals surface area contributed by atoms with Gasteiger partial charge in [-0.05, 0) is 28.1 Å². The molecule has 112 valence electrons. The maximum atomic E-state index is 4.50. The van der Waals surface area contributed by atoms with Gasteiger partial charge < -0.3 is 9.80 Å². The number of halogens is 1. The Labute approximate surface area is 134 Å². The fourth-order valence-electron chi connectivity index (χ4n) is 2.43. The Hall–Kier alpha value is -2.29. The molecule has 0 atom stereocenters. The van der Waals surface area contributed by atoms with Gasteiger partial charge in [-0.2, -0.15) is 4.52 Å². The molecule has 0 N–H and O–H groups in total. The number of hydrogen-bond acceptors (Lipinski definition) is 7. The summed E-state index contributed by atoms with van der Waals surface area (Å²) in [5.74, 6) is 1.66. The van der Waals surface area contributed by atoms with Crippen LogP contribution >= 0.6 is 15.9 Å². The van der Waals surface area contributed by atoms with Crippen molar-refractivity contribution in [2.45, 2.75) is 6.04 Å². The maximum absolute atomic E-state index is 4.50. The lowest BCUT2D eigenvalue weighted by Crippen LogP contribution is -2.59. The molecule has 0 unspecified atom stereocenters. The predicted molar refractivity (Wildman–Crippen MR) is 84.9 cm³/mol. The van der Waals surface area contributed by atoms with E-state index in [1.807, 2.05) is 19.2 Å². The molecular formula is C13H13BrN8. The molecule has 0 amide bonds. The highest BCUT2D eigenvalue weighted by Crippen LogP contribution is 2.23. The van der Waals surface area contributed by atoms with Crippen LogP contribution in [0.2, 0.25) is 0 Å². The molecule has 0 spiro atoms. The first kappa shape index (κ1) is 13.4. The number of rotatable bonds is 3. The molecule has 1 fully saturated rings. The summed E-state index contributed by atoms with van der Waals surface area (Å²) in [5, 5.41) is 12.3. The third kappa shape index (κ3) is 2.27. The van der Waals surface area contributed by atoms with E-state index in [-0.39, 0.29) is 0 Å². The third-order valence-electron chi connectivity index (χ3n) is 3.80. The van der Waals surface area contributed by atoms with Crippen LogP contribution in [0, 0.1) is 0 Å². The maximum Gasteiger partial charge on any atom is 0.225 e. The van der Waals surface area contributed by atoms with Gasteiger partial charge in [-0.3, -0.25) is 0 Å². The van der Waals surface area contributed by atoms with E-state index in [1.54, 1.807) is 23.2 Å². The Kier molecular flexibility index (Phi) is 3.14. The summed E-state index contributed by atoms with van der Waals surface area (Å²) in [7, 11) is 2.02. The smallest absolute Gasteiger partial charge is 0.225 e. The lowest BCUT2D eigenvalue weighted by Gasteiger charge is -2.44. The lowest BCUT2D eigenvalue weighted by molar-refractivity contribution is 0.484. The molecule has 4 heterocycles. The van der Waals surface area contributed by atoms with Gasteiger partial charge in [-0.25, -0.2) is 9.97 Å². The number of anilines is 2. The Balaban J connectivity index is 1.45. The zero-order chi connectivity index (χ0) is 15.1. The second kappa shape index (κ2) is 5.16. The molecule has 0 radical (unpaired) electrons. The molecule has 0 bridgehead atoms. The van der Waals surface area contributed by atoms with Crippen LogP contribution in [0.4, 0.5) is 11.8 Å². The summed E-state index contributed by atoms with van der Waals surface area (Å²) in [5.41, 5.74) is 0.751. The fourth-order valence-corrected chi connectivity index (χ4v) is 2.63. The monoisotopic (exact) mass is 360 g/mol. The number of likely N-dealkylation sites (N-methyl/N-ethyl adjacent to an activating group) is 1. The first-order valence-electron chi connectivity index (χ1n) is 6.83. The second-order valence-electron chi connectivity index (χ2n) is 5.20. The van der Waals surface area contributed by atoms with Crippen molar-refractivity contribution in [1.82, 2.24) is 29.8 Å². The predicted octanol–water partition coefficient (Wildman–Crippen LogP) is 1.00. The van der Waals surface area contributed by atoms with E-state index in [1.165, 1.54) is 0 Å². The van der Waals surface area contributed by atoms with Gasteiger partial charge in [0.05, 0.1) is 10.5 Å². The molecule has 0 aromatic carbocycles. The molecule has 4 rings (SSSR count). The van der Waals surface area contributed by atoms with E-state index in [0.717, 1.165) is 35.0 Å². The molecule has 1 aliphatic rings. The van der Waals surface area contributed by atoms with Gasteiger partial charge >= 0.3 is 0 Å². The van der Waals surface area contributed by atoms with Crippen LogP contribution in [-0.2, 0) is 0 Å². The SMILES string of the molecule is CN(c1ncc(Br)cn1)C1CN(c2ccc3nncn3n2)C1. The minimum Gasteiger partial charge on any atom is -0.351 e. The molecule has 3 aromatic heterocycles. The van der Waals surface area contributed by atoms with Crippen molar-refractivity contribution in [2.24, 2.45) is 0 Å². The normalized spacial score (nSPS) is 15.1. The average molecular weight is 361 g/mol. The molecule has 0 aliphatic carbocycles. The van der Waals surface area contributed by atoms with Crippen LogP contribution < -0.4 is 9.80 Å². The quantitative estimate of drug-likeness (QED) is 0.689. The standard InChI is InChI=1S/C13H13BrN8/c1-20(13-15-4-9(14)5-16-13)10-6-21(7-10)12-3-2-11-18-17-8-22(11)19-12/h2-5,8,10H,6-7H2,1H3. The average Bonchev–Trinajstić information content (AvgIpc) is 2.94. The van der Waals surface area contributed by atoms with Crippen molar-refractivity contribution in [3.63, 3.8) is 0 Å². The van der Waals surface area contributed by atoms with Gasteiger partial charge in [-0.1, -0.05) is 0 Å². The zero-order valence-corrected chi connectivity index (χ0v) is 13.4. The van der Waals surface area contributed by atoms with Gasteiger partial charge in [0.25, 0.3) is 0 Å². The van der Waals surface area contributed by atoms with Gasteiger partial charge in [0.15, 0.2) is 5.65 Å². The van der Waals surface area contributed by atoms with Crippen LogP contribution in [0.15, 0.2) is 35.3 Å². The van der Waals surface area contributed by atoms with E-state index < -0.39 is 0 Å². The van der Waals surface area contributed by atoms with Crippen molar-refractivity contribution >= 4 is 33.3 Å². The molecule has 0 saturated carbocycles. The van der Waals surface area contributed by atoms with Crippen LogP contribution in [0.5, 0.6) is 0 Å². The molecule has 9 heteroatoms. The van der Waals surface area contributed by atoms with Gasteiger partial charge in [0.2, 0.25) is 5.95 Å². The molecule has 3 aromatic rings. The van der Waals surface area contributed by atoms with Crippen molar-refractivity contribution in [3.8, 4) is 0 Å². The van der Waals surface area contributed by atoms with Crippen LogP contribution in [-0.4, -0.2) is 56.0 Å². The Morgan fingerprint density at radius 2 is 2.00 bits per heavy atom.